The maximum absolute atomic E-state index is 12.0. The van der Waals surface area contributed by atoms with Crippen LogP contribution in [-0.4, -0.2) is 61.4 Å². The van der Waals surface area contributed by atoms with E-state index in [0.29, 0.717) is 25.0 Å². The summed E-state index contributed by atoms with van der Waals surface area (Å²) in [4.78, 5) is 29.8. The molecule has 0 bridgehead atoms. The molecule has 0 aromatic heterocycles. The zero-order valence-electron chi connectivity index (χ0n) is 14.5. The minimum absolute atomic E-state index is 0. The Balaban J connectivity index is 0.00000288. The fourth-order valence-corrected chi connectivity index (χ4v) is 2.54. The molecule has 0 radical (unpaired) electrons. The molecular weight excluding hydrogens is 421 g/mol. The second-order valence-electron chi connectivity index (χ2n) is 6.16. The number of aliphatic imine (C=N–C) groups is 1. The number of likely N-dealkylation sites (tertiary alicyclic amines) is 1. The predicted octanol–water partition coefficient (Wildman–Crippen LogP) is 0.841. The zero-order valence-corrected chi connectivity index (χ0v) is 16.8. The topological polar surface area (TPSA) is 85.8 Å². The van der Waals surface area contributed by atoms with Gasteiger partial charge in [-0.2, -0.15) is 0 Å². The average Bonchev–Trinajstić information content (AvgIpc) is 3.17. The Kier molecular flexibility index (Phi) is 10.0. The van der Waals surface area contributed by atoms with E-state index in [4.69, 9.17) is 0 Å². The summed E-state index contributed by atoms with van der Waals surface area (Å²) < 4.78 is 0. The first-order valence-corrected chi connectivity index (χ1v) is 8.78. The first kappa shape index (κ1) is 21.0. The maximum atomic E-state index is 12.0. The number of hydrogen-bond donors (Lipinski definition) is 3. The van der Waals surface area contributed by atoms with Crippen LogP contribution in [0.3, 0.4) is 0 Å². The Labute approximate surface area is 161 Å². The van der Waals surface area contributed by atoms with Crippen LogP contribution in [0.4, 0.5) is 0 Å². The number of rotatable bonds is 8. The van der Waals surface area contributed by atoms with Crippen LogP contribution < -0.4 is 16.0 Å². The fourth-order valence-electron chi connectivity index (χ4n) is 2.54. The summed E-state index contributed by atoms with van der Waals surface area (Å²) in [5, 5.41) is 9.28. The predicted molar refractivity (Wildman–Crippen MR) is 106 cm³/mol. The van der Waals surface area contributed by atoms with E-state index in [9.17, 15) is 9.59 Å². The molecule has 8 heteroatoms. The second-order valence-corrected chi connectivity index (χ2v) is 6.16. The molecule has 2 fully saturated rings. The highest BCUT2D eigenvalue weighted by Crippen LogP contribution is 2.18. The quantitative estimate of drug-likeness (QED) is 0.221. The van der Waals surface area contributed by atoms with Crippen LogP contribution in [0.15, 0.2) is 4.99 Å². The molecule has 2 aliphatic rings. The molecule has 1 heterocycles. The van der Waals surface area contributed by atoms with E-state index < -0.39 is 0 Å². The molecule has 24 heavy (non-hydrogen) atoms. The van der Waals surface area contributed by atoms with Crippen molar-refractivity contribution in [3.8, 4) is 0 Å². The molecule has 138 valence electrons. The zero-order chi connectivity index (χ0) is 16.5. The van der Waals surface area contributed by atoms with Crippen molar-refractivity contribution in [1.82, 2.24) is 20.9 Å². The van der Waals surface area contributed by atoms with Crippen LogP contribution in [-0.2, 0) is 9.59 Å². The Morgan fingerprint density at radius 2 is 1.88 bits per heavy atom. The summed E-state index contributed by atoms with van der Waals surface area (Å²) in [5.74, 6) is 0.853. The van der Waals surface area contributed by atoms with Crippen LogP contribution >= 0.6 is 24.0 Å². The van der Waals surface area contributed by atoms with E-state index in [1.807, 2.05) is 11.8 Å². The van der Waals surface area contributed by atoms with Crippen LogP contribution in [0, 0.1) is 0 Å². The number of carbonyl (C=O) groups is 2. The van der Waals surface area contributed by atoms with Crippen molar-refractivity contribution >= 4 is 41.8 Å². The van der Waals surface area contributed by atoms with Crippen molar-refractivity contribution in [2.75, 3.05) is 32.7 Å². The summed E-state index contributed by atoms with van der Waals surface area (Å²) in [5.41, 5.74) is 0. The second kappa shape index (κ2) is 11.5. The number of amides is 2. The summed E-state index contributed by atoms with van der Waals surface area (Å²) >= 11 is 0. The fraction of sp³-hybridized carbons (Fsp3) is 0.812. The molecule has 0 aromatic rings. The molecule has 1 saturated carbocycles. The van der Waals surface area contributed by atoms with Gasteiger partial charge in [0.2, 0.25) is 11.8 Å². The SMILES string of the molecule is CCNC(=NCC(=O)N1CCCC1)NCCCC(=O)NC1CC1.I. The molecular formula is C16H30IN5O2. The van der Waals surface area contributed by atoms with Crippen molar-refractivity contribution in [3.05, 3.63) is 0 Å². The monoisotopic (exact) mass is 451 g/mol. The smallest absolute Gasteiger partial charge is 0.244 e. The molecule has 0 spiro atoms. The molecule has 1 saturated heterocycles. The highest BCUT2D eigenvalue weighted by Gasteiger charge is 2.22. The Bertz CT molecular complexity index is 434. The molecule has 0 unspecified atom stereocenters. The lowest BCUT2D eigenvalue weighted by Gasteiger charge is -2.15. The van der Waals surface area contributed by atoms with Gasteiger partial charge in [-0.15, -0.1) is 24.0 Å². The number of nitrogens with one attached hydrogen (secondary N) is 3. The average molecular weight is 451 g/mol. The molecule has 0 aromatic carbocycles. The van der Waals surface area contributed by atoms with Crippen LogP contribution in [0.25, 0.3) is 0 Å². The largest absolute Gasteiger partial charge is 0.357 e. The van der Waals surface area contributed by atoms with Gasteiger partial charge in [0.15, 0.2) is 5.96 Å². The van der Waals surface area contributed by atoms with Gasteiger partial charge in [0.1, 0.15) is 6.54 Å². The minimum Gasteiger partial charge on any atom is -0.357 e. The van der Waals surface area contributed by atoms with Crippen LogP contribution in [0.1, 0.15) is 45.4 Å². The van der Waals surface area contributed by atoms with Crippen molar-refractivity contribution in [2.24, 2.45) is 4.99 Å². The van der Waals surface area contributed by atoms with E-state index >= 15 is 0 Å². The van der Waals surface area contributed by atoms with Gasteiger partial charge in [-0.25, -0.2) is 4.99 Å². The summed E-state index contributed by atoms with van der Waals surface area (Å²) in [6, 6.07) is 0.422. The first-order valence-electron chi connectivity index (χ1n) is 8.78. The van der Waals surface area contributed by atoms with Crippen molar-refractivity contribution in [3.63, 3.8) is 0 Å². The van der Waals surface area contributed by atoms with Crippen molar-refractivity contribution in [1.29, 1.82) is 0 Å². The highest BCUT2D eigenvalue weighted by atomic mass is 127. The van der Waals surface area contributed by atoms with E-state index in [2.05, 4.69) is 20.9 Å². The van der Waals surface area contributed by atoms with Crippen molar-refractivity contribution < 1.29 is 9.59 Å². The molecule has 0 atom stereocenters. The molecule has 2 amide bonds. The summed E-state index contributed by atoms with van der Waals surface area (Å²) in [7, 11) is 0. The van der Waals surface area contributed by atoms with Crippen molar-refractivity contribution in [2.45, 2.75) is 51.5 Å². The number of guanidine groups is 1. The van der Waals surface area contributed by atoms with E-state index in [1.165, 1.54) is 0 Å². The van der Waals surface area contributed by atoms with Gasteiger partial charge in [-0.3, -0.25) is 9.59 Å². The lowest BCUT2D eigenvalue weighted by molar-refractivity contribution is -0.128. The summed E-state index contributed by atoms with van der Waals surface area (Å²) in [6.07, 6.45) is 5.70. The number of nitrogens with zero attached hydrogens (tertiary/aromatic N) is 2. The van der Waals surface area contributed by atoms with Gasteiger partial charge in [0, 0.05) is 38.6 Å². The third-order valence-electron chi connectivity index (χ3n) is 3.99. The van der Waals surface area contributed by atoms with E-state index in [0.717, 1.165) is 51.7 Å². The number of carbonyl (C=O) groups excluding carboxylic acids is 2. The minimum atomic E-state index is 0. The number of halogens is 1. The molecule has 2 rings (SSSR count). The van der Waals surface area contributed by atoms with Gasteiger partial charge < -0.3 is 20.9 Å². The molecule has 1 aliphatic carbocycles. The normalized spacial score (nSPS) is 17.2. The molecule has 3 N–H and O–H groups in total. The van der Waals surface area contributed by atoms with Crippen LogP contribution in [0.5, 0.6) is 0 Å². The van der Waals surface area contributed by atoms with E-state index in [1.54, 1.807) is 0 Å². The van der Waals surface area contributed by atoms with Gasteiger partial charge in [-0.05, 0) is 39.0 Å². The highest BCUT2D eigenvalue weighted by molar-refractivity contribution is 14.0. The van der Waals surface area contributed by atoms with Crippen LogP contribution in [0.2, 0.25) is 0 Å². The first-order chi connectivity index (χ1) is 11.2. The Morgan fingerprint density at radius 3 is 2.50 bits per heavy atom. The standard InChI is InChI=1S/C16H29N5O2.HI/c1-2-17-16(19-12-15(23)21-10-3-4-11-21)18-9-5-6-14(22)20-13-7-8-13;/h13H,2-12H2,1H3,(H,20,22)(H2,17,18,19);1H. The Hall–Kier alpha value is -1.06. The lowest BCUT2D eigenvalue weighted by Crippen LogP contribution is -2.39. The molecule has 1 aliphatic heterocycles. The molecule has 7 nitrogen and oxygen atoms in total. The third kappa shape index (κ3) is 8.16. The van der Waals surface area contributed by atoms with Gasteiger partial charge >= 0.3 is 0 Å². The van der Waals surface area contributed by atoms with Gasteiger partial charge in [0.25, 0.3) is 0 Å². The lowest BCUT2D eigenvalue weighted by atomic mass is 10.3. The summed E-state index contributed by atoms with van der Waals surface area (Å²) in [6.45, 7) is 5.29. The Morgan fingerprint density at radius 1 is 1.17 bits per heavy atom. The van der Waals surface area contributed by atoms with Gasteiger partial charge in [-0.1, -0.05) is 0 Å². The maximum Gasteiger partial charge on any atom is 0.244 e. The van der Waals surface area contributed by atoms with E-state index in [-0.39, 0.29) is 42.3 Å². The van der Waals surface area contributed by atoms with Gasteiger partial charge in [0.05, 0.1) is 0 Å². The number of hydrogen-bond acceptors (Lipinski definition) is 3. The third-order valence-corrected chi connectivity index (χ3v) is 3.99.